The molecule has 0 radical (unpaired) electrons. The molecule has 2 atom stereocenters. The van der Waals surface area contributed by atoms with E-state index < -0.39 is 6.04 Å². The summed E-state index contributed by atoms with van der Waals surface area (Å²) < 4.78 is 16.2. The molecule has 0 bridgehead atoms. The SMILES string of the molecule is COc1ccc2c(c1)C(=O)C1CCC(=O)N1C2c1ccc2c(c1)OCO2. The molecule has 26 heavy (non-hydrogen) atoms. The molecule has 0 aliphatic carbocycles. The van der Waals surface area contributed by atoms with Crippen molar-refractivity contribution < 1.29 is 23.8 Å². The molecule has 0 spiro atoms. The lowest BCUT2D eigenvalue weighted by atomic mass is 9.84. The maximum Gasteiger partial charge on any atom is 0.231 e. The first-order valence-corrected chi connectivity index (χ1v) is 8.60. The van der Waals surface area contributed by atoms with Crippen LogP contribution in [0.1, 0.15) is 40.4 Å². The molecule has 1 amide bonds. The summed E-state index contributed by atoms with van der Waals surface area (Å²) in [7, 11) is 1.58. The second-order valence-corrected chi connectivity index (χ2v) is 6.69. The Labute approximate surface area is 150 Å². The van der Waals surface area contributed by atoms with Crippen LogP contribution in [0.3, 0.4) is 0 Å². The molecule has 132 valence electrons. The predicted molar refractivity (Wildman–Crippen MR) is 91.6 cm³/mol. The molecule has 2 aromatic rings. The summed E-state index contributed by atoms with van der Waals surface area (Å²) in [6, 6.07) is 10.4. The van der Waals surface area contributed by atoms with Crippen molar-refractivity contribution in [1.29, 1.82) is 0 Å². The van der Waals surface area contributed by atoms with Crippen LogP contribution in [-0.4, -0.2) is 36.5 Å². The van der Waals surface area contributed by atoms with Crippen LogP contribution >= 0.6 is 0 Å². The van der Waals surface area contributed by atoms with Crippen LogP contribution in [0, 0.1) is 0 Å². The van der Waals surface area contributed by atoms with Crippen molar-refractivity contribution in [2.75, 3.05) is 13.9 Å². The maximum atomic E-state index is 13.0. The largest absolute Gasteiger partial charge is 0.497 e. The molecule has 2 aromatic carbocycles. The number of methoxy groups -OCH3 is 1. The van der Waals surface area contributed by atoms with Crippen molar-refractivity contribution >= 4 is 11.7 Å². The van der Waals surface area contributed by atoms with Crippen LogP contribution in [0.15, 0.2) is 36.4 Å². The first kappa shape index (κ1) is 15.3. The average Bonchev–Trinajstić information content (AvgIpc) is 3.28. The third-order valence-corrected chi connectivity index (χ3v) is 5.37. The van der Waals surface area contributed by atoms with Gasteiger partial charge < -0.3 is 19.1 Å². The minimum absolute atomic E-state index is 0.00693. The molecule has 0 aromatic heterocycles. The minimum atomic E-state index is -0.419. The zero-order chi connectivity index (χ0) is 17.8. The smallest absolute Gasteiger partial charge is 0.231 e. The number of ether oxygens (including phenoxy) is 3. The van der Waals surface area contributed by atoms with Gasteiger partial charge in [0.05, 0.1) is 19.2 Å². The molecule has 3 aliphatic heterocycles. The fraction of sp³-hybridized carbons (Fsp3) is 0.300. The number of fused-ring (bicyclic) bond motifs is 3. The van der Waals surface area contributed by atoms with Gasteiger partial charge in [-0.3, -0.25) is 9.59 Å². The summed E-state index contributed by atoms with van der Waals surface area (Å²) in [6.45, 7) is 0.195. The van der Waals surface area contributed by atoms with E-state index >= 15 is 0 Å². The normalized spacial score (nSPS) is 23.0. The van der Waals surface area contributed by atoms with E-state index in [9.17, 15) is 9.59 Å². The van der Waals surface area contributed by atoms with E-state index in [0.717, 1.165) is 11.1 Å². The van der Waals surface area contributed by atoms with Crippen molar-refractivity contribution in [3.05, 3.63) is 53.1 Å². The van der Waals surface area contributed by atoms with Gasteiger partial charge in [0.2, 0.25) is 12.7 Å². The topological polar surface area (TPSA) is 65.1 Å². The first-order valence-electron chi connectivity index (χ1n) is 8.60. The standard InChI is InChI=1S/C20H17NO5/c1-24-12-3-4-13-14(9-12)20(23)15-5-7-18(22)21(15)19(13)11-2-6-16-17(8-11)26-10-25-16/h2-4,6,8-9,15,19H,5,7,10H2,1H3. The number of hydrogen-bond donors (Lipinski definition) is 0. The Morgan fingerprint density at radius 2 is 1.92 bits per heavy atom. The Kier molecular flexibility index (Phi) is 3.22. The second kappa shape index (κ2) is 5.49. The van der Waals surface area contributed by atoms with Gasteiger partial charge in [0.1, 0.15) is 5.75 Å². The molecule has 3 aliphatic rings. The van der Waals surface area contributed by atoms with Gasteiger partial charge in [0.15, 0.2) is 17.3 Å². The third kappa shape index (κ3) is 2.05. The van der Waals surface area contributed by atoms with Gasteiger partial charge in [0.25, 0.3) is 0 Å². The van der Waals surface area contributed by atoms with Crippen LogP contribution in [0.4, 0.5) is 0 Å². The fourth-order valence-corrected chi connectivity index (χ4v) is 4.15. The Bertz CT molecular complexity index is 938. The molecule has 2 unspecified atom stereocenters. The summed E-state index contributed by atoms with van der Waals surface area (Å²) in [5.74, 6) is 1.99. The van der Waals surface area contributed by atoms with E-state index in [4.69, 9.17) is 14.2 Å². The highest BCUT2D eigenvalue weighted by Gasteiger charge is 2.47. The lowest BCUT2D eigenvalue weighted by Crippen LogP contribution is -2.46. The Morgan fingerprint density at radius 1 is 1.08 bits per heavy atom. The van der Waals surface area contributed by atoms with E-state index in [1.54, 1.807) is 18.1 Å². The van der Waals surface area contributed by atoms with E-state index in [0.29, 0.717) is 35.7 Å². The van der Waals surface area contributed by atoms with Crippen molar-refractivity contribution in [2.24, 2.45) is 0 Å². The number of carbonyl (C=O) groups excluding carboxylic acids is 2. The molecule has 6 nitrogen and oxygen atoms in total. The molecule has 0 saturated carbocycles. The van der Waals surface area contributed by atoms with Gasteiger partial charge in [-0.1, -0.05) is 12.1 Å². The lowest BCUT2D eigenvalue weighted by Gasteiger charge is -2.38. The molecular formula is C20H17NO5. The lowest BCUT2D eigenvalue weighted by molar-refractivity contribution is -0.130. The minimum Gasteiger partial charge on any atom is -0.497 e. The van der Waals surface area contributed by atoms with E-state index in [1.807, 2.05) is 30.3 Å². The zero-order valence-corrected chi connectivity index (χ0v) is 14.2. The van der Waals surface area contributed by atoms with Gasteiger partial charge in [-0.2, -0.15) is 0 Å². The number of benzene rings is 2. The monoisotopic (exact) mass is 351 g/mol. The zero-order valence-electron chi connectivity index (χ0n) is 14.2. The van der Waals surface area contributed by atoms with Crippen LogP contribution < -0.4 is 14.2 Å². The summed E-state index contributed by atoms with van der Waals surface area (Å²) in [6.07, 6.45) is 0.942. The van der Waals surface area contributed by atoms with Gasteiger partial charge >= 0.3 is 0 Å². The summed E-state index contributed by atoms with van der Waals surface area (Å²) in [4.78, 5) is 27.3. The van der Waals surface area contributed by atoms with E-state index in [-0.39, 0.29) is 24.5 Å². The number of carbonyl (C=O) groups is 2. The van der Waals surface area contributed by atoms with Crippen LogP contribution in [0.2, 0.25) is 0 Å². The van der Waals surface area contributed by atoms with Crippen molar-refractivity contribution in [3.8, 4) is 17.2 Å². The number of amides is 1. The third-order valence-electron chi connectivity index (χ3n) is 5.37. The van der Waals surface area contributed by atoms with E-state index in [1.165, 1.54) is 0 Å². The second-order valence-electron chi connectivity index (χ2n) is 6.69. The number of Topliss-reactive ketones (excluding diaryl/α,β-unsaturated/α-hetero) is 1. The highest BCUT2D eigenvalue weighted by Crippen LogP contribution is 2.45. The van der Waals surface area contributed by atoms with Gasteiger partial charge in [-0.05, 0) is 41.8 Å². The summed E-state index contributed by atoms with van der Waals surface area (Å²) in [5.41, 5.74) is 2.36. The highest BCUT2D eigenvalue weighted by atomic mass is 16.7. The Hall–Kier alpha value is -3.02. The number of hydrogen-bond acceptors (Lipinski definition) is 5. The Morgan fingerprint density at radius 3 is 2.77 bits per heavy atom. The molecular weight excluding hydrogens is 334 g/mol. The molecule has 3 heterocycles. The van der Waals surface area contributed by atoms with Crippen molar-refractivity contribution in [2.45, 2.75) is 24.9 Å². The highest BCUT2D eigenvalue weighted by molar-refractivity contribution is 6.06. The van der Waals surface area contributed by atoms with Gasteiger partial charge in [-0.15, -0.1) is 0 Å². The van der Waals surface area contributed by atoms with Crippen molar-refractivity contribution in [3.63, 3.8) is 0 Å². The average molecular weight is 351 g/mol. The van der Waals surface area contributed by atoms with Crippen LogP contribution in [0.5, 0.6) is 17.2 Å². The number of rotatable bonds is 2. The molecule has 5 rings (SSSR count). The quantitative estimate of drug-likeness (QED) is 0.832. The Balaban J connectivity index is 1.70. The number of ketones is 1. The predicted octanol–water partition coefficient (Wildman–Crippen LogP) is 2.70. The maximum absolute atomic E-state index is 13.0. The number of nitrogens with zero attached hydrogens (tertiary/aromatic N) is 1. The van der Waals surface area contributed by atoms with Crippen LogP contribution in [0.25, 0.3) is 0 Å². The van der Waals surface area contributed by atoms with Crippen molar-refractivity contribution in [1.82, 2.24) is 4.90 Å². The fourth-order valence-electron chi connectivity index (χ4n) is 4.15. The molecule has 6 heteroatoms. The molecule has 1 fully saturated rings. The first-order chi connectivity index (χ1) is 12.7. The van der Waals surface area contributed by atoms with Gasteiger partial charge in [0, 0.05) is 12.0 Å². The van der Waals surface area contributed by atoms with E-state index in [2.05, 4.69) is 0 Å². The molecule has 0 N–H and O–H groups in total. The van der Waals surface area contributed by atoms with Crippen LogP contribution in [-0.2, 0) is 4.79 Å². The summed E-state index contributed by atoms with van der Waals surface area (Å²) >= 11 is 0. The van der Waals surface area contributed by atoms with Gasteiger partial charge in [-0.25, -0.2) is 0 Å². The molecule has 1 saturated heterocycles. The summed E-state index contributed by atoms with van der Waals surface area (Å²) in [5, 5.41) is 0.